The number of carbonyl (C=O) groups is 1. The monoisotopic (exact) mass is 263 g/mol. The number of carboxylic acid groups (broad SMARTS) is 1. The minimum atomic E-state index is -1.35. The first-order valence-electron chi connectivity index (χ1n) is 5.52. The van der Waals surface area contributed by atoms with E-state index in [1.165, 1.54) is 41.3 Å². The Morgan fingerprint density at radius 2 is 1.74 bits per heavy atom. The molecule has 0 amide bonds. The number of anilines is 2. The molecule has 0 aliphatic heterocycles. The lowest BCUT2D eigenvalue weighted by Crippen LogP contribution is -2.15. The third-order valence-corrected chi connectivity index (χ3v) is 2.78. The Morgan fingerprint density at radius 3 is 2.32 bits per heavy atom. The molecule has 98 valence electrons. The molecule has 0 radical (unpaired) electrons. The van der Waals surface area contributed by atoms with Crippen molar-refractivity contribution in [2.45, 2.75) is 0 Å². The van der Waals surface area contributed by atoms with Crippen LogP contribution >= 0.6 is 0 Å². The lowest BCUT2D eigenvalue weighted by Gasteiger charge is -2.21. The van der Waals surface area contributed by atoms with Gasteiger partial charge < -0.3 is 10.0 Å². The summed E-state index contributed by atoms with van der Waals surface area (Å²) < 4.78 is 26.4. The molecule has 2 rings (SSSR count). The molecule has 1 N–H and O–H groups in total. The molecule has 2 aromatic carbocycles. The Hall–Kier alpha value is -2.43. The zero-order valence-corrected chi connectivity index (χ0v) is 10.1. The lowest BCUT2D eigenvalue weighted by atomic mass is 10.1. The molecule has 0 unspecified atom stereocenters. The highest BCUT2D eigenvalue weighted by atomic mass is 19.1. The summed E-state index contributed by atoms with van der Waals surface area (Å²) in [5.74, 6) is -2.55. The van der Waals surface area contributed by atoms with Crippen LogP contribution in [0.5, 0.6) is 0 Å². The fourth-order valence-corrected chi connectivity index (χ4v) is 1.81. The maximum Gasteiger partial charge on any atom is 0.340 e. The zero-order chi connectivity index (χ0) is 14.0. The molecule has 5 heteroatoms. The van der Waals surface area contributed by atoms with E-state index in [4.69, 9.17) is 5.11 Å². The van der Waals surface area contributed by atoms with E-state index < -0.39 is 23.2 Å². The van der Waals surface area contributed by atoms with Gasteiger partial charge in [-0.05, 0) is 36.4 Å². The molecule has 0 heterocycles. The van der Waals surface area contributed by atoms with Gasteiger partial charge in [0.15, 0.2) is 0 Å². The van der Waals surface area contributed by atoms with Gasteiger partial charge in [-0.2, -0.15) is 0 Å². The quantitative estimate of drug-likeness (QED) is 0.922. The van der Waals surface area contributed by atoms with Crippen molar-refractivity contribution in [2.75, 3.05) is 11.9 Å². The van der Waals surface area contributed by atoms with Crippen LogP contribution in [0.15, 0.2) is 42.5 Å². The Kier molecular flexibility index (Phi) is 3.46. The van der Waals surface area contributed by atoms with Crippen LogP contribution in [0.3, 0.4) is 0 Å². The van der Waals surface area contributed by atoms with E-state index in [9.17, 15) is 13.6 Å². The van der Waals surface area contributed by atoms with Crippen molar-refractivity contribution >= 4 is 17.3 Å². The molecule has 19 heavy (non-hydrogen) atoms. The van der Waals surface area contributed by atoms with Crippen LogP contribution in [0.25, 0.3) is 0 Å². The van der Waals surface area contributed by atoms with Crippen LogP contribution in [-0.4, -0.2) is 18.1 Å². The standard InChI is InChI=1S/C14H11F2NO2/c1-17(10-7-5-9(15)6-8-10)12-4-2-3-11(16)13(12)14(18)19/h2-8H,1H3,(H,18,19). The van der Waals surface area contributed by atoms with Crippen LogP contribution in [-0.2, 0) is 0 Å². The van der Waals surface area contributed by atoms with Crippen molar-refractivity contribution in [2.24, 2.45) is 0 Å². The largest absolute Gasteiger partial charge is 0.478 e. The topological polar surface area (TPSA) is 40.5 Å². The molecule has 0 aliphatic carbocycles. The van der Waals surface area contributed by atoms with E-state index in [0.717, 1.165) is 6.07 Å². The second-order valence-corrected chi connectivity index (χ2v) is 3.97. The smallest absolute Gasteiger partial charge is 0.340 e. The summed E-state index contributed by atoms with van der Waals surface area (Å²) in [7, 11) is 1.59. The van der Waals surface area contributed by atoms with Crippen molar-refractivity contribution < 1.29 is 18.7 Å². The third-order valence-electron chi connectivity index (χ3n) is 2.78. The lowest BCUT2D eigenvalue weighted by molar-refractivity contribution is 0.0693. The predicted octanol–water partition coefficient (Wildman–Crippen LogP) is 3.43. The number of hydrogen-bond acceptors (Lipinski definition) is 2. The van der Waals surface area contributed by atoms with Gasteiger partial charge in [0.1, 0.15) is 17.2 Å². The molecular formula is C14H11F2NO2. The normalized spacial score (nSPS) is 10.3. The zero-order valence-electron chi connectivity index (χ0n) is 10.1. The molecule has 0 saturated heterocycles. The van der Waals surface area contributed by atoms with Gasteiger partial charge in [-0.25, -0.2) is 13.6 Å². The van der Waals surface area contributed by atoms with Crippen LogP contribution in [0.1, 0.15) is 10.4 Å². The number of rotatable bonds is 3. The highest BCUT2D eigenvalue weighted by Gasteiger charge is 2.19. The molecule has 0 bridgehead atoms. The van der Waals surface area contributed by atoms with Gasteiger partial charge in [0.25, 0.3) is 0 Å². The molecule has 0 spiro atoms. The Balaban J connectivity index is 2.49. The highest BCUT2D eigenvalue weighted by molar-refractivity contribution is 5.95. The second-order valence-electron chi connectivity index (χ2n) is 3.97. The number of aromatic carboxylic acids is 1. The maximum atomic E-state index is 13.6. The summed E-state index contributed by atoms with van der Waals surface area (Å²) >= 11 is 0. The average Bonchev–Trinajstić information content (AvgIpc) is 2.38. The van der Waals surface area contributed by atoms with E-state index in [2.05, 4.69) is 0 Å². The van der Waals surface area contributed by atoms with Crippen molar-refractivity contribution in [3.8, 4) is 0 Å². The Morgan fingerprint density at radius 1 is 1.11 bits per heavy atom. The molecule has 0 saturated carbocycles. The molecule has 0 atom stereocenters. The van der Waals surface area contributed by atoms with Crippen molar-refractivity contribution in [1.82, 2.24) is 0 Å². The summed E-state index contributed by atoms with van der Waals surface area (Å²) in [4.78, 5) is 12.6. The average molecular weight is 263 g/mol. The summed E-state index contributed by atoms with van der Waals surface area (Å²) in [6.45, 7) is 0. The van der Waals surface area contributed by atoms with Crippen LogP contribution < -0.4 is 4.90 Å². The van der Waals surface area contributed by atoms with E-state index in [1.54, 1.807) is 7.05 Å². The molecule has 3 nitrogen and oxygen atoms in total. The van der Waals surface area contributed by atoms with Crippen molar-refractivity contribution in [1.29, 1.82) is 0 Å². The first-order valence-corrected chi connectivity index (χ1v) is 5.52. The summed E-state index contributed by atoms with van der Waals surface area (Å²) in [5.41, 5.74) is 0.364. The van der Waals surface area contributed by atoms with Crippen LogP contribution in [0.4, 0.5) is 20.2 Å². The molecule has 2 aromatic rings. The van der Waals surface area contributed by atoms with Crippen molar-refractivity contribution in [3.05, 3.63) is 59.7 Å². The fraction of sp³-hybridized carbons (Fsp3) is 0.0714. The SMILES string of the molecule is CN(c1ccc(F)cc1)c1cccc(F)c1C(=O)O. The molecule has 0 fully saturated rings. The molecule has 0 aliphatic rings. The van der Waals surface area contributed by atoms with Gasteiger partial charge in [0, 0.05) is 12.7 Å². The molecule has 0 aromatic heterocycles. The van der Waals surface area contributed by atoms with Gasteiger partial charge in [-0.1, -0.05) is 6.07 Å². The predicted molar refractivity (Wildman–Crippen MR) is 67.8 cm³/mol. The summed E-state index contributed by atoms with van der Waals surface area (Å²) in [5, 5.41) is 9.06. The van der Waals surface area contributed by atoms with Crippen LogP contribution in [0, 0.1) is 11.6 Å². The van der Waals surface area contributed by atoms with Gasteiger partial charge in [-0.15, -0.1) is 0 Å². The van der Waals surface area contributed by atoms with Gasteiger partial charge in [-0.3, -0.25) is 0 Å². The Bertz CT molecular complexity index is 611. The number of nitrogens with zero attached hydrogens (tertiary/aromatic N) is 1. The number of hydrogen-bond donors (Lipinski definition) is 1. The van der Waals surface area contributed by atoms with E-state index >= 15 is 0 Å². The van der Waals surface area contributed by atoms with E-state index in [-0.39, 0.29) is 5.69 Å². The number of carboxylic acids is 1. The first kappa shape index (κ1) is 13.0. The Labute approximate surface area is 108 Å². The minimum absolute atomic E-state index is 0.208. The van der Waals surface area contributed by atoms with E-state index in [0.29, 0.717) is 5.69 Å². The highest BCUT2D eigenvalue weighted by Crippen LogP contribution is 2.28. The number of benzene rings is 2. The van der Waals surface area contributed by atoms with Gasteiger partial charge in [0.05, 0.1) is 5.69 Å². The summed E-state index contributed by atoms with van der Waals surface area (Å²) in [6.07, 6.45) is 0. The fourth-order valence-electron chi connectivity index (χ4n) is 1.81. The van der Waals surface area contributed by atoms with Crippen LogP contribution in [0.2, 0.25) is 0 Å². The maximum absolute atomic E-state index is 13.6. The number of halogens is 2. The van der Waals surface area contributed by atoms with Gasteiger partial charge >= 0.3 is 5.97 Å². The van der Waals surface area contributed by atoms with Gasteiger partial charge in [0.2, 0.25) is 0 Å². The minimum Gasteiger partial charge on any atom is -0.478 e. The molecular weight excluding hydrogens is 252 g/mol. The second kappa shape index (κ2) is 5.06. The summed E-state index contributed by atoms with van der Waals surface area (Å²) in [6, 6.07) is 9.51. The van der Waals surface area contributed by atoms with E-state index in [1.807, 2.05) is 0 Å². The van der Waals surface area contributed by atoms with Crippen molar-refractivity contribution in [3.63, 3.8) is 0 Å². The third kappa shape index (κ3) is 2.54. The first-order chi connectivity index (χ1) is 9.00.